The number of hydrogen-bond acceptors (Lipinski definition) is 4. The Morgan fingerprint density at radius 3 is 1.38 bits per heavy atom. The van der Waals surface area contributed by atoms with Crippen molar-refractivity contribution in [3.8, 4) is 0 Å². The Morgan fingerprint density at radius 2 is 0.906 bits per heavy atom. The molecule has 1 aromatic heterocycles. The monoisotopic (exact) mass is 468 g/mol. The fourth-order valence-corrected chi connectivity index (χ4v) is 5.85. The molecule has 3 aromatic rings. The number of unbranched alkanes of at least 4 members (excludes halogenated alkanes) is 10. The van der Waals surface area contributed by atoms with Crippen LogP contribution in [0.25, 0.3) is 22.1 Å². The van der Waals surface area contributed by atoms with E-state index >= 15 is 0 Å². The zero-order chi connectivity index (χ0) is 22.4. The van der Waals surface area contributed by atoms with Crippen molar-refractivity contribution in [2.75, 3.05) is 11.5 Å². The van der Waals surface area contributed by atoms with E-state index in [0.29, 0.717) is 0 Å². The summed E-state index contributed by atoms with van der Waals surface area (Å²) in [5.41, 5.74) is 4.02. The highest BCUT2D eigenvalue weighted by Gasteiger charge is 2.05. The molecular formula is C28H40N2S2. The van der Waals surface area contributed by atoms with Gasteiger partial charge < -0.3 is 0 Å². The normalized spacial score (nSPS) is 11.6. The number of benzene rings is 2. The van der Waals surface area contributed by atoms with Gasteiger partial charge in [0, 0.05) is 9.79 Å². The van der Waals surface area contributed by atoms with Crippen molar-refractivity contribution in [3.63, 3.8) is 0 Å². The maximum atomic E-state index is 4.97. The summed E-state index contributed by atoms with van der Waals surface area (Å²) in [6.07, 6.45) is 16.2. The first kappa shape index (κ1) is 25.4. The van der Waals surface area contributed by atoms with Gasteiger partial charge >= 0.3 is 0 Å². The molecule has 0 bridgehead atoms. The van der Waals surface area contributed by atoms with E-state index in [4.69, 9.17) is 9.97 Å². The number of aromatic nitrogens is 2. The van der Waals surface area contributed by atoms with Crippen molar-refractivity contribution in [1.29, 1.82) is 0 Å². The SMILES string of the molecule is CCCCCCCCSc1ccc2nc3ccc(SCCCCCCCC)cc3nc2c1. The molecule has 0 aliphatic carbocycles. The van der Waals surface area contributed by atoms with Crippen molar-refractivity contribution >= 4 is 45.6 Å². The molecule has 3 rings (SSSR count). The van der Waals surface area contributed by atoms with Crippen LogP contribution < -0.4 is 0 Å². The van der Waals surface area contributed by atoms with Gasteiger partial charge in [-0.1, -0.05) is 78.1 Å². The van der Waals surface area contributed by atoms with Crippen LogP contribution in [0.15, 0.2) is 46.2 Å². The van der Waals surface area contributed by atoms with Gasteiger partial charge in [0.1, 0.15) is 0 Å². The molecular weight excluding hydrogens is 428 g/mol. The minimum absolute atomic E-state index is 0.994. The minimum Gasteiger partial charge on any atom is -0.245 e. The predicted molar refractivity (Wildman–Crippen MR) is 145 cm³/mol. The summed E-state index contributed by atoms with van der Waals surface area (Å²) in [5.74, 6) is 2.38. The van der Waals surface area contributed by atoms with E-state index < -0.39 is 0 Å². The van der Waals surface area contributed by atoms with Gasteiger partial charge in [-0.15, -0.1) is 23.5 Å². The molecule has 0 aliphatic heterocycles. The molecule has 2 aromatic carbocycles. The Hall–Kier alpha value is -1.26. The second kappa shape index (κ2) is 14.8. The van der Waals surface area contributed by atoms with Crippen molar-refractivity contribution in [2.45, 2.75) is 101 Å². The first-order valence-corrected chi connectivity index (χ1v) is 14.7. The summed E-state index contributed by atoms with van der Waals surface area (Å²) in [4.78, 5) is 12.4. The Morgan fingerprint density at radius 1 is 0.500 bits per heavy atom. The lowest BCUT2D eigenvalue weighted by Gasteiger charge is -2.07. The third-order valence-electron chi connectivity index (χ3n) is 5.91. The largest absolute Gasteiger partial charge is 0.245 e. The average molecular weight is 469 g/mol. The Labute approximate surface area is 203 Å². The van der Waals surface area contributed by atoms with Gasteiger partial charge in [-0.2, -0.15) is 0 Å². The molecule has 0 fully saturated rings. The van der Waals surface area contributed by atoms with E-state index in [0.717, 1.165) is 22.1 Å². The molecule has 0 saturated carbocycles. The van der Waals surface area contributed by atoms with E-state index in [2.05, 4.69) is 50.2 Å². The van der Waals surface area contributed by atoms with Gasteiger partial charge in [-0.3, -0.25) is 0 Å². The summed E-state index contributed by atoms with van der Waals surface area (Å²) >= 11 is 3.91. The Kier molecular flexibility index (Phi) is 11.7. The maximum absolute atomic E-state index is 4.97. The van der Waals surface area contributed by atoms with Crippen LogP contribution in [-0.2, 0) is 0 Å². The Bertz CT molecular complexity index is 868. The molecule has 4 heteroatoms. The Balaban J connectivity index is 1.52. The van der Waals surface area contributed by atoms with Gasteiger partial charge in [-0.05, 0) is 60.7 Å². The van der Waals surface area contributed by atoms with Gasteiger partial charge in [0.2, 0.25) is 0 Å². The van der Waals surface area contributed by atoms with Crippen LogP contribution in [0.1, 0.15) is 90.9 Å². The number of rotatable bonds is 16. The van der Waals surface area contributed by atoms with Crippen LogP contribution in [0.4, 0.5) is 0 Å². The lowest BCUT2D eigenvalue weighted by molar-refractivity contribution is 0.627. The summed E-state index contributed by atoms with van der Waals surface area (Å²) in [6, 6.07) is 13.1. The quantitative estimate of drug-likeness (QED) is 0.119. The molecule has 0 unspecified atom stereocenters. The lowest BCUT2D eigenvalue weighted by Crippen LogP contribution is -1.89. The van der Waals surface area contributed by atoms with Gasteiger partial charge in [0.15, 0.2) is 0 Å². The third kappa shape index (κ3) is 8.59. The van der Waals surface area contributed by atoms with Gasteiger partial charge in [-0.25, -0.2) is 9.97 Å². The molecule has 0 amide bonds. The van der Waals surface area contributed by atoms with Gasteiger partial charge in [0.25, 0.3) is 0 Å². The highest BCUT2D eigenvalue weighted by Crippen LogP contribution is 2.27. The summed E-state index contributed by atoms with van der Waals surface area (Å²) < 4.78 is 0. The predicted octanol–water partition coefficient (Wildman–Crippen LogP) is 9.69. The zero-order valence-electron chi connectivity index (χ0n) is 20.1. The molecule has 0 saturated heterocycles. The molecule has 2 nitrogen and oxygen atoms in total. The molecule has 1 heterocycles. The van der Waals surface area contributed by atoms with E-state index in [-0.39, 0.29) is 0 Å². The third-order valence-corrected chi connectivity index (χ3v) is 8.07. The number of thioether (sulfide) groups is 2. The summed E-state index contributed by atoms with van der Waals surface area (Å²) in [5, 5.41) is 0. The van der Waals surface area contributed by atoms with E-state index in [1.807, 2.05) is 23.5 Å². The van der Waals surface area contributed by atoms with Crippen LogP contribution in [-0.4, -0.2) is 21.5 Å². The molecule has 0 radical (unpaired) electrons. The standard InChI is InChI=1S/C28H40N2S2/c1-3-5-7-9-11-13-19-31-23-15-17-25-27(21-23)30-28-22-24(16-18-26(28)29-25)32-20-14-12-10-8-6-4-2/h15-18,21-22H,3-14,19-20H2,1-2H3. The minimum atomic E-state index is 0.994. The van der Waals surface area contributed by atoms with Crippen molar-refractivity contribution in [1.82, 2.24) is 9.97 Å². The summed E-state index contributed by atoms with van der Waals surface area (Å²) in [6.45, 7) is 4.55. The molecule has 174 valence electrons. The van der Waals surface area contributed by atoms with Crippen molar-refractivity contribution < 1.29 is 0 Å². The van der Waals surface area contributed by atoms with E-state index in [1.54, 1.807) is 0 Å². The number of nitrogens with zero attached hydrogens (tertiary/aromatic N) is 2. The highest BCUT2D eigenvalue weighted by molar-refractivity contribution is 7.99. The molecule has 0 atom stereocenters. The fourth-order valence-electron chi connectivity index (χ4n) is 3.96. The zero-order valence-corrected chi connectivity index (χ0v) is 21.7. The second-order valence-corrected chi connectivity index (χ2v) is 11.1. The number of fused-ring (bicyclic) bond motifs is 2. The van der Waals surface area contributed by atoms with Crippen molar-refractivity contribution in [3.05, 3.63) is 36.4 Å². The van der Waals surface area contributed by atoms with Crippen LogP contribution in [0.5, 0.6) is 0 Å². The molecule has 0 spiro atoms. The van der Waals surface area contributed by atoms with Crippen LogP contribution in [0, 0.1) is 0 Å². The van der Waals surface area contributed by atoms with Crippen LogP contribution in [0.3, 0.4) is 0 Å². The lowest BCUT2D eigenvalue weighted by atomic mass is 10.1. The maximum Gasteiger partial charge on any atom is 0.0905 e. The molecule has 32 heavy (non-hydrogen) atoms. The van der Waals surface area contributed by atoms with Crippen LogP contribution >= 0.6 is 23.5 Å². The summed E-state index contributed by atoms with van der Waals surface area (Å²) in [7, 11) is 0. The van der Waals surface area contributed by atoms with E-state index in [1.165, 1.54) is 98.3 Å². The first-order valence-electron chi connectivity index (χ1n) is 12.8. The molecule has 0 aliphatic rings. The topological polar surface area (TPSA) is 25.8 Å². The second-order valence-electron chi connectivity index (χ2n) is 8.76. The molecule has 0 N–H and O–H groups in total. The van der Waals surface area contributed by atoms with E-state index in [9.17, 15) is 0 Å². The van der Waals surface area contributed by atoms with Crippen LogP contribution in [0.2, 0.25) is 0 Å². The van der Waals surface area contributed by atoms with Crippen molar-refractivity contribution in [2.24, 2.45) is 0 Å². The highest BCUT2D eigenvalue weighted by atomic mass is 32.2. The average Bonchev–Trinajstić information content (AvgIpc) is 2.81. The smallest absolute Gasteiger partial charge is 0.0905 e. The number of hydrogen-bond donors (Lipinski definition) is 0. The first-order chi connectivity index (χ1) is 15.8. The fraction of sp³-hybridized carbons (Fsp3) is 0.571. The van der Waals surface area contributed by atoms with Gasteiger partial charge in [0.05, 0.1) is 22.1 Å².